The van der Waals surface area contributed by atoms with Gasteiger partial charge in [-0.3, -0.25) is 4.79 Å². The van der Waals surface area contributed by atoms with Crippen LogP contribution in [0.15, 0.2) is 60.7 Å². The molecular formula is C29H31NO7. The summed E-state index contributed by atoms with van der Waals surface area (Å²) in [5, 5.41) is 11.5. The van der Waals surface area contributed by atoms with Gasteiger partial charge in [0, 0.05) is 24.5 Å². The Hall–Kier alpha value is -4.20. The number of benzene rings is 3. The van der Waals surface area contributed by atoms with E-state index in [9.17, 15) is 9.59 Å². The second-order valence-corrected chi connectivity index (χ2v) is 8.68. The van der Waals surface area contributed by atoms with Crippen molar-refractivity contribution in [3.63, 3.8) is 0 Å². The molecule has 0 heterocycles. The van der Waals surface area contributed by atoms with E-state index >= 15 is 0 Å². The maximum absolute atomic E-state index is 12.6. The van der Waals surface area contributed by atoms with E-state index in [0.717, 1.165) is 11.1 Å². The third-order valence-electron chi connectivity index (χ3n) is 6.39. The van der Waals surface area contributed by atoms with Gasteiger partial charge in [0.05, 0.1) is 32.9 Å². The average Bonchev–Trinajstić information content (AvgIpc) is 3.23. The van der Waals surface area contributed by atoms with E-state index in [2.05, 4.69) is 29.6 Å². The Morgan fingerprint density at radius 3 is 2.05 bits per heavy atom. The molecule has 3 aromatic carbocycles. The smallest absolute Gasteiger partial charge is 0.407 e. The van der Waals surface area contributed by atoms with Gasteiger partial charge in [0.15, 0.2) is 0 Å². The molecular weight excluding hydrogens is 474 g/mol. The molecule has 8 nitrogen and oxygen atoms in total. The van der Waals surface area contributed by atoms with Crippen LogP contribution < -0.4 is 19.5 Å². The summed E-state index contributed by atoms with van der Waals surface area (Å²) in [6, 6.07) is 19.8. The number of ether oxygens (including phenoxy) is 4. The molecule has 0 saturated carbocycles. The highest BCUT2D eigenvalue weighted by molar-refractivity contribution is 5.79. The van der Waals surface area contributed by atoms with E-state index in [1.165, 1.54) is 25.3 Å². The summed E-state index contributed by atoms with van der Waals surface area (Å²) in [5.41, 5.74) is 5.30. The zero-order valence-corrected chi connectivity index (χ0v) is 21.0. The van der Waals surface area contributed by atoms with Crippen LogP contribution in [0.2, 0.25) is 0 Å². The number of carboxylic acids is 1. The second kappa shape index (κ2) is 12.2. The fourth-order valence-electron chi connectivity index (χ4n) is 4.60. The number of alkyl carbamates (subject to hydrolysis) is 1. The molecule has 0 spiro atoms. The van der Waals surface area contributed by atoms with Crippen molar-refractivity contribution in [2.45, 2.75) is 31.7 Å². The number of rotatable bonds is 12. The van der Waals surface area contributed by atoms with Gasteiger partial charge in [0.2, 0.25) is 0 Å². The number of amides is 1. The highest BCUT2D eigenvalue weighted by Gasteiger charge is 2.29. The van der Waals surface area contributed by atoms with Gasteiger partial charge in [0.25, 0.3) is 0 Å². The lowest BCUT2D eigenvalue weighted by Crippen LogP contribution is -2.26. The second-order valence-electron chi connectivity index (χ2n) is 8.68. The minimum Gasteiger partial charge on any atom is -0.496 e. The summed E-state index contributed by atoms with van der Waals surface area (Å²) in [6.45, 7) is 0.738. The van der Waals surface area contributed by atoms with Crippen LogP contribution in [0.5, 0.6) is 17.2 Å². The average molecular weight is 506 g/mol. The molecule has 1 aliphatic carbocycles. The number of methoxy groups -OCH3 is 2. The maximum Gasteiger partial charge on any atom is 0.407 e. The predicted molar refractivity (Wildman–Crippen MR) is 138 cm³/mol. The van der Waals surface area contributed by atoms with Crippen molar-refractivity contribution in [3.8, 4) is 28.4 Å². The minimum absolute atomic E-state index is 0.0193. The fourth-order valence-corrected chi connectivity index (χ4v) is 4.60. The zero-order chi connectivity index (χ0) is 26.2. The summed E-state index contributed by atoms with van der Waals surface area (Å²) in [6.07, 6.45) is 0.717. The van der Waals surface area contributed by atoms with Gasteiger partial charge in [-0.25, -0.2) is 4.79 Å². The van der Waals surface area contributed by atoms with Crippen molar-refractivity contribution in [3.05, 3.63) is 77.4 Å². The van der Waals surface area contributed by atoms with Crippen molar-refractivity contribution in [1.29, 1.82) is 0 Å². The fraction of sp³-hybridized carbons (Fsp3) is 0.310. The van der Waals surface area contributed by atoms with Crippen LogP contribution in [-0.4, -0.2) is 44.6 Å². The molecule has 0 unspecified atom stereocenters. The third kappa shape index (κ3) is 6.14. The Morgan fingerprint density at radius 2 is 1.49 bits per heavy atom. The van der Waals surface area contributed by atoms with Gasteiger partial charge < -0.3 is 29.4 Å². The molecule has 8 heteroatoms. The number of carboxylic acid groups (broad SMARTS) is 1. The number of carbonyl (C=O) groups excluding carboxylic acids is 1. The SMILES string of the molecule is COc1cc(OCCCCC(=O)O)cc(OC)c1CNC(=O)OCC1c2ccccc2-c2ccccc21. The molecule has 4 rings (SSSR count). The van der Waals surface area contributed by atoms with Gasteiger partial charge >= 0.3 is 12.1 Å². The van der Waals surface area contributed by atoms with E-state index in [4.69, 9.17) is 24.1 Å². The largest absolute Gasteiger partial charge is 0.496 e. The van der Waals surface area contributed by atoms with E-state index in [1.807, 2.05) is 24.3 Å². The number of hydrogen-bond donors (Lipinski definition) is 2. The van der Waals surface area contributed by atoms with Gasteiger partial charge in [0.1, 0.15) is 23.9 Å². The molecule has 0 fully saturated rings. The topological polar surface area (TPSA) is 103 Å². The molecule has 194 valence electrons. The number of carbonyl (C=O) groups is 2. The highest BCUT2D eigenvalue weighted by atomic mass is 16.5. The van der Waals surface area contributed by atoms with E-state index < -0.39 is 12.1 Å². The number of nitrogens with one attached hydrogen (secondary N) is 1. The molecule has 37 heavy (non-hydrogen) atoms. The molecule has 3 aromatic rings. The molecule has 1 amide bonds. The molecule has 0 atom stereocenters. The van der Waals surface area contributed by atoms with Gasteiger partial charge in [-0.1, -0.05) is 48.5 Å². The first-order chi connectivity index (χ1) is 18.0. The molecule has 2 N–H and O–H groups in total. The lowest BCUT2D eigenvalue weighted by molar-refractivity contribution is -0.137. The summed E-state index contributed by atoms with van der Waals surface area (Å²) in [7, 11) is 3.06. The van der Waals surface area contributed by atoms with Crippen molar-refractivity contribution in [2.75, 3.05) is 27.4 Å². The summed E-state index contributed by atoms with van der Waals surface area (Å²) in [5.74, 6) is 0.692. The van der Waals surface area contributed by atoms with Gasteiger partial charge in [-0.2, -0.15) is 0 Å². The molecule has 0 radical (unpaired) electrons. The van der Waals surface area contributed by atoms with Crippen LogP contribution in [-0.2, 0) is 16.1 Å². The number of unbranched alkanes of at least 4 members (excludes halogenated alkanes) is 1. The molecule has 0 aliphatic heterocycles. The zero-order valence-electron chi connectivity index (χ0n) is 21.0. The van der Waals surface area contributed by atoms with Crippen LogP contribution in [0.25, 0.3) is 11.1 Å². The van der Waals surface area contributed by atoms with Crippen LogP contribution in [0.4, 0.5) is 4.79 Å². The van der Waals surface area contributed by atoms with Crippen LogP contribution in [0.1, 0.15) is 41.9 Å². The normalized spacial score (nSPS) is 11.8. The van der Waals surface area contributed by atoms with E-state index in [-0.39, 0.29) is 25.5 Å². The monoisotopic (exact) mass is 505 g/mol. The Balaban J connectivity index is 1.36. The van der Waals surface area contributed by atoms with Crippen LogP contribution >= 0.6 is 0 Å². The van der Waals surface area contributed by atoms with Crippen LogP contribution in [0.3, 0.4) is 0 Å². The lowest BCUT2D eigenvalue weighted by Gasteiger charge is -2.17. The van der Waals surface area contributed by atoms with Crippen molar-refractivity contribution >= 4 is 12.1 Å². The number of aliphatic carboxylic acids is 1. The van der Waals surface area contributed by atoms with Crippen molar-refractivity contribution < 1.29 is 33.6 Å². The van der Waals surface area contributed by atoms with Crippen molar-refractivity contribution in [1.82, 2.24) is 5.32 Å². The lowest BCUT2D eigenvalue weighted by atomic mass is 9.98. The van der Waals surface area contributed by atoms with Crippen LogP contribution in [0, 0.1) is 0 Å². The van der Waals surface area contributed by atoms with Crippen molar-refractivity contribution in [2.24, 2.45) is 0 Å². The van der Waals surface area contributed by atoms with Gasteiger partial charge in [-0.15, -0.1) is 0 Å². The predicted octanol–water partition coefficient (Wildman–Crippen LogP) is 5.38. The minimum atomic E-state index is -0.823. The first-order valence-electron chi connectivity index (χ1n) is 12.2. The maximum atomic E-state index is 12.6. The Morgan fingerprint density at radius 1 is 0.892 bits per heavy atom. The summed E-state index contributed by atoms with van der Waals surface area (Å²) >= 11 is 0. The number of hydrogen-bond acceptors (Lipinski definition) is 6. The molecule has 0 bridgehead atoms. The van der Waals surface area contributed by atoms with Gasteiger partial charge in [-0.05, 0) is 35.1 Å². The summed E-state index contributed by atoms with van der Waals surface area (Å²) < 4.78 is 22.4. The highest BCUT2D eigenvalue weighted by Crippen LogP contribution is 2.44. The summed E-state index contributed by atoms with van der Waals surface area (Å²) in [4.78, 5) is 23.3. The quantitative estimate of drug-likeness (QED) is 0.319. The number of fused-ring (bicyclic) bond motifs is 3. The first kappa shape index (κ1) is 25.9. The standard InChI is InChI=1S/C29H31NO7/c1-34-26-15-19(36-14-8-7-13-28(31)32)16-27(35-2)24(26)17-30-29(33)37-18-25-22-11-5-3-9-20(22)21-10-4-6-12-23(21)25/h3-6,9-12,15-16,25H,7-8,13-14,17-18H2,1-2H3,(H,30,33)(H,31,32). The molecule has 1 aliphatic rings. The third-order valence-corrected chi connectivity index (χ3v) is 6.39. The van der Waals surface area contributed by atoms with E-state index in [1.54, 1.807) is 12.1 Å². The molecule has 0 saturated heterocycles. The Kier molecular flexibility index (Phi) is 8.51. The van der Waals surface area contributed by atoms with E-state index in [0.29, 0.717) is 42.3 Å². The molecule has 0 aromatic heterocycles. The Labute approximate surface area is 216 Å². The Bertz CT molecular complexity index is 1190. The first-order valence-corrected chi connectivity index (χ1v) is 12.2.